The summed E-state index contributed by atoms with van der Waals surface area (Å²) in [6.45, 7) is 3.89. The Morgan fingerprint density at radius 2 is 1.95 bits per heavy atom. The number of aliphatic hydroxyl groups excluding tert-OH is 1. The predicted molar refractivity (Wildman–Crippen MR) is 84.9 cm³/mol. The van der Waals surface area contributed by atoms with Crippen LogP contribution >= 0.6 is 0 Å². The van der Waals surface area contributed by atoms with Crippen molar-refractivity contribution < 1.29 is 5.11 Å². The molecule has 0 saturated heterocycles. The number of nitrogens with zero attached hydrogens (tertiary/aromatic N) is 1. The van der Waals surface area contributed by atoms with Crippen LogP contribution in [0.25, 0.3) is 0 Å². The van der Waals surface area contributed by atoms with Crippen molar-refractivity contribution in [3.63, 3.8) is 0 Å². The number of nitrogens with one attached hydrogen (secondary N) is 1. The maximum absolute atomic E-state index is 9.77. The van der Waals surface area contributed by atoms with Crippen molar-refractivity contribution in [2.75, 3.05) is 27.2 Å². The highest BCUT2D eigenvalue weighted by atomic mass is 16.3. The number of rotatable bonds is 6. The minimum Gasteiger partial charge on any atom is -0.394 e. The number of likely N-dealkylation sites (N-methyl/N-ethyl adjacent to an activating group) is 1. The molecule has 118 valence electrons. The van der Waals surface area contributed by atoms with Crippen molar-refractivity contribution in [2.45, 2.75) is 69.9 Å². The summed E-state index contributed by atoms with van der Waals surface area (Å²) in [6.07, 6.45) is 10.5. The van der Waals surface area contributed by atoms with Gasteiger partial charge in [0.25, 0.3) is 0 Å². The highest BCUT2D eigenvalue weighted by Crippen LogP contribution is 2.38. The van der Waals surface area contributed by atoms with Crippen LogP contribution in [0.2, 0.25) is 0 Å². The lowest BCUT2D eigenvalue weighted by atomic mass is 9.83. The van der Waals surface area contributed by atoms with Crippen LogP contribution in [0, 0.1) is 11.8 Å². The van der Waals surface area contributed by atoms with Crippen LogP contribution in [0.15, 0.2) is 0 Å². The van der Waals surface area contributed by atoms with Gasteiger partial charge < -0.3 is 15.3 Å². The van der Waals surface area contributed by atoms with Gasteiger partial charge in [-0.3, -0.25) is 0 Å². The zero-order chi connectivity index (χ0) is 14.6. The highest BCUT2D eigenvalue weighted by Gasteiger charge is 2.41. The molecule has 4 atom stereocenters. The Balaban J connectivity index is 1.84. The molecule has 4 unspecified atom stereocenters. The lowest BCUT2D eigenvalue weighted by molar-refractivity contribution is 0.0992. The van der Waals surface area contributed by atoms with Crippen molar-refractivity contribution in [2.24, 2.45) is 11.8 Å². The third kappa shape index (κ3) is 3.37. The quantitative estimate of drug-likeness (QED) is 0.786. The third-order valence-electron chi connectivity index (χ3n) is 6.20. The van der Waals surface area contributed by atoms with E-state index in [1.165, 1.54) is 51.5 Å². The third-order valence-corrected chi connectivity index (χ3v) is 6.20. The largest absolute Gasteiger partial charge is 0.394 e. The summed E-state index contributed by atoms with van der Waals surface area (Å²) in [5, 5.41) is 13.2. The SMILES string of the molecule is CNC1(CO)CCCC1CCN(C)C1CCCCC1C. The van der Waals surface area contributed by atoms with Gasteiger partial charge in [-0.1, -0.05) is 26.2 Å². The van der Waals surface area contributed by atoms with Crippen molar-refractivity contribution in [3.05, 3.63) is 0 Å². The summed E-state index contributed by atoms with van der Waals surface area (Å²) in [6, 6.07) is 0.781. The molecule has 0 bridgehead atoms. The second kappa shape index (κ2) is 7.24. The van der Waals surface area contributed by atoms with Crippen LogP contribution in [0.5, 0.6) is 0 Å². The van der Waals surface area contributed by atoms with Crippen molar-refractivity contribution in [1.29, 1.82) is 0 Å². The molecule has 0 aromatic rings. The molecule has 2 N–H and O–H groups in total. The van der Waals surface area contributed by atoms with Crippen molar-refractivity contribution in [1.82, 2.24) is 10.2 Å². The minimum atomic E-state index is -0.000971. The molecule has 0 aromatic heterocycles. The van der Waals surface area contributed by atoms with E-state index in [4.69, 9.17) is 0 Å². The molecule has 0 spiro atoms. The van der Waals surface area contributed by atoms with Gasteiger partial charge in [0.1, 0.15) is 0 Å². The van der Waals surface area contributed by atoms with Crippen LogP contribution in [0.4, 0.5) is 0 Å². The van der Waals surface area contributed by atoms with E-state index in [0.29, 0.717) is 5.92 Å². The lowest BCUT2D eigenvalue weighted by Gasteiger charge is -2.39. The Kier molecular flexibility index (Phi) is 5.88. The summed E-state index contributed by atoms with van der Waals surface area (Å²) < 4.78 is 0. The molecule has 0 heterocycles. The van der Waals surface area contributed by atoms with Gasteiger partial charge >= 0.3 is 0 Å². The lowest BCUT2D eigenvalue weighted by Crippen LogP contribution is -2.50. The molecular formula is C17H34N2O. The molecule has 0 aromatic carbocycles. The van der Waals surface area contributed by atoms with Crippen LogP contribution in [0.1, 0.15) is 58.3 Å². The van der Waals surface area contributed by atoms with E-state index in [2.05, 4.69) is 24.2 Å². The molecule has 0 amide bonds. The maximum Gasteiger partial charge on any atom is 0.0615 e. The molecule has 3 heteroatoms. The fraction of sp³-hybridized carbons (Fsp3) is 1.00. The highest BCUT2D eigenvalue weighted by molar-refractivity contribution is 4.98. The van der Waals surface area contributed by atoms with Crippen molar-refractivity contribution in [3.8, 4) is 0 Å². The van der Waals surface area contributed by atoms with Crippen LogP contribution in [0.3, 0.4) is 0 Å². The molecule has 20 heavy (non-hydrogen) atoms. The number of aliphatic hydroxyl groups is 1. The normalized spacial score (nSPS) is 38.5. The predicted octanol–water partition coefficient (Wildman–Crippen LogP) is 2.64. The van der Waals surface area contributed by atoms with E-state index in [0.717, 1.165) is 18.4 Å². The first kappa shape index (κ1) is 16.3. The second-order valence-corrected chi connectivity index (χ2v) is 7.25. The second-order valence-electron chi connectivity index (χ2n) is 7.25. The molecular weight excluding hydrogens is 248 g/mol. The molecule has 2 fully saturated rings. The monoisotopic (exact) mass is 282 g/mol. The Labute approximate surface area is 125 Å². The maximum atomic E-state index is 9.77. The van der Waals surface area contributed by atoms with Gasteiger partial charge in [0.15, 0.2) is 0 Å². The van der Waals surface area contributed by atoms with E-state index in [1.54, 1.807) is 0 Å². The first-order valence-corrected chi connectivity index (χ1v) is 8.63. The standard InChI is InChI=1S/C17H34N2O/c1-14-7-4-5-9-16(14)19(3)12-10-15-8-6-11-17(15,13-20)18-2/h14-16,18,20H,4-13H2,1-3H3. The number of hydrogen-bond acceptors (Lipinski definition) is 3. The van der Waals surface area contributed by atoms with Crippen LogP contribution < -0.4 is 5.32 Å². The van der Waals surface area contributed by atoms with Gasteiger partial charge in [0.05, 0.1) is 6.61 Å². The van der Waals surface area contributed by atoms with Crippen LogP contribution in [-0.4, -0.2) is 48.8 Å². The summed E-state index contributed by atoms with van der Waals surface area (Å²) in [4.78, 5) is 2.60. The molecule has 2 rings (SSSR count). The van der Waals surface area contributed by atoms with Crippen LogP contribution in [-0.2, 0) is 0 Å². The zero-order valence-corrected chi connectivity index (χ0v) is 13.7. The first-order valence-electron chi connectivity index (χ1n) is 8.63. The molecule has 0 radical (unpaired) electrons. The average molecular weight is 282 g/mol. The Morgan fingerprint density at radius 3 is 2.60 bits per heavy atom. The van der Waals surface area contributed by atoms with Gasteiger partial charge in [0, 0.05) is 11.6 Å². The molecule has 3 nitrogen and oxygen atoms in total. The Hall–Kier alpha value is -0.120. The van der Waals surface area contributed by atoms with E-state index in [-0.39, 0.29) is 12.1 Å². The zero-order valence-electron chi connectivity index (χ0n) is 13.7. The average Bonchev–Trinajstić information content (AvgIpc) is 2.88. The van der Waals surface area contributed by atoms with Crippen molar-refractivity contribution >= 4 is 0 Å². The summed E-state index contributed by atoms with van der Waals surface area (Å²) in [5.41, 5.74) is -0.000971. The fourth-order valence-corrected chi connectivity index (χ4v) is 4.66. The minimum absolute atomic E-state index is 0.000971. The van der Waals surface area contributed by atoms with Gasteiger partial charge in [0.2, 0.25) is 0 Å². The first-order chi connectivity index (χ1) is 9.63. The Morgan fingerprint density at radius 1 is 1.20 bits per heavy atom. The van der Waals surface area contributed by atoms with E-state index in [9.17, 15) is 5.11 Å². The number of hydrogen-bond donors (Lipinski definition) is 2. The fourth-order valence-electron chi connectivity index (χ4n) is 4.66. The summed E-state index contributed by atoms with van der Waals surface area (Å²) in [7, 11) is 4.32. The Bertz CT molecular complexity index is 291. The van der Waals surface area contributed by atoms with E-state index in [1.807, 2.05) is 7.05 Å². The smallest absolute Gasteiger partial charge is 0.0615 e. The molecule has 2 aliphatic carbocycles. The van der Waals surface area contributed by atoms with Gasteiger partial charge in [-0.15, -0.1) is 0 Å². The summed E-state index contributed by atoms with van der Waals surface area (Å²) in [5.74, 6) is 1.49. The van der Waals surface area contributed by atoms with Gasteiger partial charge in [-0.25, -0.2) is 0 Å². The van der Waals surface area contributed by atoms with Gasteiger partial charge in [-0.05, 0) is 64.6 Å². The van der Waals surface area contributed by atoms with E-state index < -0.39 is 0 Å². The topological polar surface area (TPSA) is 35.5 Å². The van der Waals surface area contributed by atoms with E-state index >= 15 is 0 Å². The molecule has 2 aliphatic rings. The molecule has 0 aliphatic heterocycles. The molecule has 2 saturated carbocycles. The van der Waals surface area contributed by atoms with Gasteiger partial charge in [-0.2, -0.15) is 0 Å². The summed E-state index contributed by atoms with van der Waals surface area (Å²) >= 11 is 0.